The first-order valence-corrected chi connectivity index (χ1v) is 8.60. The van der Waals surface area contributed by atoms with Crippen molar-refractivity contribution in [2.45, 2.75) is 12.7 Å². The summed E-state index contributed by atoms with van der Waals surface area (Å²) in [4.78, 5) is 15.1. The molecule has 130 valence electrons. The molecule has 0 saturated heterocycles. The van der Waals surface area contributed by atoms with Crippen LogP contribution in [0, 0.1) is 0 Å². The number of rotatable bonds is 4. The number of benzene rings is 3. The minimum absolute atomic E-state index is 0.0315. The Morgan fingerprint density at radius 2 is 1.62 bits per heavy atom. The lowest BCUT2D eigenvalue weighted by molar-refractivity contribution is 0.0666. The summed E-state index contributed by atoms with van der Waals surface area (Å²) in [5, 5.41) is 3.52. The molecule has 4 rings (SSSR count). The number of carbonyl (C=O) groups excluding carboxylic acids is 1. The molecule has 1 amide bonds. The molecule has 0 bridgehead atoms. The number of anilines is 1. The predicted octanol–water partition coefficient (Wildman–Crippen LogP) is 4.46. The van der Waals surface area contributed by atoms with E-state index in [0.717, 1.165) is 22.6 Å². The lowest BCUT2D eigenvalue weighted by Gasteiger charge is -2.38. The summed E-state index contributed by atoms with van der Waals surface area (Å²) in [5.41, 5.74) is 3.68. The predicted molar refractivity (Wildman–Crippen MR) is 102 cm³/mol. The van der Waals surface area contributed by atoms with Gasteiger partial charge in [0.05, 0.1) is 12.7 Å². The lowest BCUT2D eigenvalue weighted by Crippen LogP contribution is -2.42. The smallest absolute Gasteiger partial charge is 0.258 e. The van der Waals surface area contributed by atoms with Gasteiger partial charge in [0.2, 0.25) is 0 Å². The maximum absolute atomic E-state index is 13.2. The highest BCUT2D eigenvalue weighted by molar-refractivity contribution is 6.01. The molecule has 4 heteroatoms. The van der Waals surface area contributed by atoms with Crippen molar-refractivity contribution in [1.82, 2.24) is 4.90 Å². The van der Waals surface area contributed by atoms with Crippen molar-refractivity contribution in [2.75, 3.05) is 12.4 Å². The van der Waals surface area contributed by atoms with Crippen LogP contribution in [0.15, 0.2) is 78.9 Å². The van der Waals surface area contributed by atoms with Crippen LogP contribution in [0.25, 0.3) is 0 Å². The number of ether oxygens (including phenoxy) is 1. The fourth-order valence-corrected chi connectivity index (χ4v) is 3.29. The van der Waals surface area contributed by atoms with Crippen LogP contribution in [-0.4, -0.2) is 17.9 Å². The Morgan fingerprint density at radius 1 is 0.923 bits per heavy atom. The molecule has 0 aliphatic carbocycles. The van der Waals surface area contributed by atoms with Crippen molar-refractivity contribution in [1.29, 1.82) is 0 Å². The van der Waals surface area contributed by atoms with E-state index in [2.05, 4.69) is 5.32 Å². The zero-order valence-corrected chi connectivity index (χ0v) is 14.6. The van der Waals surface area contributed by atoms with Gasteiger partial charge >= 0.3 is 0 Å². The van der Waals surface area contributed by atoms with Crippen LogP contribution in [0.3, 0.4) is 0 Å². The fourth-order valence-electron chi connectivity index (χ4n) is 3.29. The first-order chi connectivity index (χ1) is 12.8. The van der Waals surface area contributed by atoms with Gasteiger partial charge in [0, 0.05) is 12.2 Å². The topological polar surface area (TPSA) is 41.6 Å². The number of methoxy groups -OCH3 is 1. The van der Waals surface area contributed by atoms with Gasteiger partial charge in [-0.15, -0.1) is 0 Å². The number of hydrogen-bond donors (Lipinski definition) is 1. The molecule has 0 radical (unpaired) electrons. The Balaban J connectivity index is 1.73. The van der Waals surface area contributed by atoms with Crippen LogP contribution in [0.1, 0.15) is 27.7 Å². The summed E-state index contributed by atoms with van der Waals surface area (Å²) in [6.07, 6.45) is -0.233. The van der Waals surface area contributed by atoms with Gasteiger partial charge in [-0.05, 0) is 35.4 Å². The number of hydrogen-bond acceptors (Lipinski definition) is 3. The zero-order valence-electron chi connectivity index (χ0n) is 14.6. The van der Waals surface area contributed by atoms with E-state index in [1.807, 2.05) is 83.8 Å². The highest BCUT2D eigenvalue weighted by atomic mass is 16.5. The third-order valence-corrected chi connectivity index (χ3v) is 4.65. The first-order valence-electron chi connectivity index (χ1n) is 8.60. The second-order valence-corrected chi connectivity index (χ2v) is 6.28. The number of nitrogens with one attached hydrogen (secondary N) is 1. The Morgan fingerprint density at radius 3 is 2.35 bits per heavy atom. The van der Waals surface area contributed by atoms with Gasteiger partial charge in [0.1, 0.15) is 11.9 Å². The van der Waals surface area contributed by atoms with Gasteiger partial charge in [-0.3, -0.25) is 4.79 Å². The largest absolute Gasteiger partial charge is 0.497 e. The Bertz CT molecular complexity index is 907. The van der Waals surface area contributed by atoms with E-state index in [9.17, 15) is 4.79 Å². The number of fused-ring (bicyclic) bond motifs is 1. The number of amides is 1. The van der Waals surface area contributed by atoms with E-state index in [4.69, 9.17) is 4.74 Å². The van der Waals surface area contributed by atoms with Gasteiger partial charge < -0.3 is 15.0 Å². The normalized spacial score (nSPS) is 16.0. The molecular weight excluding hydrogens is 324 g/mol. The van der Waals surface area contributed by atoms with Gasteiger partial charge in [-0.1, -0.05) is 54.6 Å². The summed E-state index contributed by atoms with van der Waals surface area (Å²) >= 11 is 0. The average Bonchev–Trinajstić information content (AvgIpc) is 2.71. The van der Waals surface area contributed by atoms with Crippen LogP contribution in [0.5, 0.6) is 5.75 Å². The number of carbonyl (C=O) groups is 1. The maximum Gasteiger partial charge on any atom is 0.258 e. The van der Waals surface area contributed by atoms with Crippen LogP contribution >= 0.6 is 0 Å². The molecule has 4 nitrogen and oxygen atoms in total. The van der Waals surface area contributed by atoms with Gasteiger partial charge in [0.25, 0.3) is 5.91 Å². The van der Waals surface area contributed by atoms with Crippen molar-refractivity contribution < 1.29 is 9.53 Å². The number of nitrogens with zero attached hydrogens (tertiary/aromatic N) is 1. The molecular formula is C22H20N2O2. The molecule has 0 unspecified atom stereocenters. The van der Waals surface area contributed by atoms with Gasteiger partial charge in [-0.25, -0.2) is 0 Å². The van der Waals surface area contributed by atoms with Crippen LogP contribution in [0.2, 0.25) is 0 Å². The highest BCUT2D eigenvalue weighted by Crippen LogP contribution is 2.34. The standard InChI is InChI=1S/C22H20N2O2/c1-26-18-13-11-17(12-14-18)21-23-20-10-6-5-9-19(20)22(25)24(21)15-16-7-3-2-4-8-16/h2-14,21,23H,15H2,1H3/t21-/m0/s1. The highest BCUT2D eigenvalue weighted by Gasteiger charge is 2.32. The van der Waals surface area contributed by atoms with E-state index in [-0.39, 0.29) is 12.1 Å². The van der Waals surface area contributed by atoms with E-state index in [1.165, 1.54) is 0 Å². The summed E-state index contributed by atoms with van der Waals surface area (Å²) < 4.78 is 5.26. The molecule has 1 heterocycles. The third-order valence-electron chi connectivity index (χ3n) is 4.65. The van der Waals surface area contributed by atoms with Crippen molar-refractivity contribution in [3.05, 3.63) is 95.6 Å². The Labute approximate surface area is 153 Å². The summed E-state index contributed by atoms with van der Waals surface area (Å²) in [6.45, 7) is 0.539. The molecule has 0 aromatic heterocycles. The SMILES string of the molecule is COc1ccc([C@H]2Nc3ccccc3C(=O)N2Cc2ccccc2)cc1. The van der Waals surface area contributed by atoms with E-state index >= 15 is 0 Å². The van der Waals surface area contributed by atoms with Crippen LogP contribution in [-0.2, 0) is 6.54 Å². The second-order valence-electron chi connectivity index (χ2n) is 6.28. The van der Waals surface area contributed by atoms with Gasteiger partial charge in [0.15, 0.2) is 0 Å². The molecule has 0 saturated carbocycles. The summed E-state index contributed by atoms with van der Waals surface area (Å²) in [5.74, 6) is 0.829. The van der Waals surface area contributed by atoms with Crippen molar-refractivity contribution in [3.63, 3.8) is 0 Å². The van der Waals surface area contributed by atoms with Crippen molar-refractivity contribution >= 4 is 11.6 Å². The summed E-state index contributed by atoms with van der Waals surface area (Å²) in [7, 11) is 1.65. The van der Waals surface area contributed by atoms with Gasteiger partial charge in [-0.2, -0.15) is 0 Å². The second kappa shape index (κ2) is 6.92. The maximum atomic E-state index is 13.2. The van der Waals surface area contributed by atoms with Crippen LogP contribution in [0.4, 0.5) is 5.69 Å². The monoisotopic (exact) mass is 344 g/mol. The Kier molecular flexibility index (Phi) is 4.32. The molecule has 3 aromatic rings. The Hall–Kier alpha value is -3.27. The molecule has 0 spiro atoms. The van der Waals surface area contributed by atoms with Crippen LogP contribution < -0.4 is 10.1 Å². The molecule has 1 atom stereocenters. The average molecular weight is 344 g/mol. The van der Waals surface area contributed by atoms with Crippen molar-refractivity contribution in [2.24, 2.45) is 0 Å². The molecule has 0 fully saturated rings. The molecule has 1 aliphatic rings. The van der Waals surface area contributed by atoms with E-state index < -0.39 is 0 Å². The minimum Gasteiger partial charge on any atom is -0.497 e. The van der Waals surface area contributed by atoms with E-state index in [1.54, 1.807) is 7.11 Å². The molecule has 1 aliphatic heterocycles. The third kappa shape index (κ3) is 3.02. The number of para-hydroxylation sites is 1. The first kappa shape index (κ1) is 16.2. The summed E-state index contributed by atoms with van der Waals surface area (Å²) in [6, 6.07) is 25.5. The minimum atomic E-state index is -0.233. The zero-order chi connectivity index (χ0) is 17.9. The quantitative estimate of drug-likeness (QED) is 0.760. The molecule has 1 N–H and O–H groups in total. The molecule has 3 aromatic carbocycles. The lowest BCUT2D eigenvalue weighted by atomic mass is 10.0. The fraction of sp³-hybridized carbons (Fsp3) is 0.136. The van der Waals surface area contributed by atoms with E-state index in [0.29, 0.717) is 12.1 Å². The molecule has 26 heavy (non-hydrogen) atoms. The van der Waals surface area contributed by atoms with Crippen molar-refractivity contribution in [3.8, 4) is 5.75 Å².